The van der Waals surface area contributed by atoms with E-state index in [1.165, 1.54) is 11.1 Å². The van der Waals surface area contributed by atoms with E-state index in [0.717, 1.165) is 25.7 Å². The van der Waals surface area contributed by atoms with Gasteiger partial charge >= 0.3 is 0 Å². The van der Waals surface area contributed by atoms with Gasteiger partial charge in [0, 0.05) is 5.41 Å². The van der Waals surface area contributed by atoms with Crippen LogP contribution in [-0.2, 0) is 5.41 Å². The van der Waals surface area contributed by atoms with Crippen molar-refractivity contribution < 1.29 is 9.47 Å². The van der Waals surface area contributed by atoms with Crippen LogP contribution in [0.4, 0.5) is 0 Å². The molecule has 0 aromatic heterocycles. The van der Waals surface area contributed by atoms with Gasteiger partial charge in [0.05, 0.1) is 22.3 Å². The van der Waals surface area contributed by atoms with Crippen molar-refractivity contribution in [2.75, 3.05) is 0 Å². The maximum Gasteiger partial charge on any atom is 0.128 e. The maximum absolute atomic E-state index is 9.28. The largest absolute Gasteiger partial charge is 0.457 e. The van der Waals surface area contributed by atoms with E-state index >= 15 is 0 Å². The molecule has 6 nitrogen and oxygen atoms in total. The van der Waals surface area contributed by atoms with Gasteiger partial charge in [-0.15, -0.1) is 0 Å². The Kier molecular flexibility index (Phi) is 6.96. The van der Waals surface area contributed by atoms with Crippen molar-refractivity contribution in [1.82, 2.24) is 0 Å². The van der Waals surface area contributed by atoms with Crippen LogP contribution >= 0.6 is 0 Å². The van der Waals surface area contributed by atoms with E-state index in [1.807, 2.05) is 48.5 Å². The standard InChI is InChI=1S/C33H22N4O2/c34-19-23-3-9-31(17-25(23)21-36)38-29-11-5-27(6-12-29)33(15-1-2-16-33)28-7-13-30(14-8-28)39-32-10-4-24(20-35)26(18-32)22-37/h3-14,17-18H,1-2,15-16H2. The van der Waals surface area contributed by atoms with E-state index in [2.05, 4.69) is 24.3 Å². The zero-order valence-electron chi connectivity index (χ0n) is 21.0. The Bertz CT molecular complexity index is 1570. The first-order valence-electron chi connectivity index (χ1n) is 12.5. The summed E-state index contributed by atoms with van der Waals surface area (Å²) < 4.78 is 11.9. The molecule has 1 aliphatic rings. The van der Waals surface area contributed by atoms with Gasteiger partial charge in [0.1, 0.15) is 47.3 Å². The minimum absolute atomic E-state index is 0.109. The summed E-state index contributed by atoms with van der Waals surface area (Å²) >= 11 is 0. The third-order valence-corrected chi connectivity index (χ3v) is 7.21. The molecular weight excluding hydrogens is 484 g/mol. The van der Waals surface area contributed by atoms with Gasteiger partial charge < -0.3 is 9.47 Å². The molecule has 0 amide bonds. The lowest BCUT2D eigenvalue weighted by atomic mass is 9.73. The molecule has 186 valence electrons. The number of ether oxygens (including phenoxy) is 2. The average Bonchev–Trinajstić information content (AvgIpc) is 3.49. The molecule has 1 fully saturated rings. The highest BCUT2D eigenvalue weighted by Gasteiger charge is 2.37. The molecule has 0 N–H and O–H groups in total. The van der Waals surface area contributed by atoms with Crippen LogP contribution in [0.5, 0.6) is 23.0 Å². The van der Waals surface area contributed by atoms with Crippen LogP contribution in [0.15, 0.2) is 84.9 Å². The van der Waals surface area contributed by atoms with Crippen LogP contribution in [0.1, 0.15) is 59.1 Å². The van der Waals surface area contributed by atoms with Gasteiger partial charge in [-0.2, -0.15) is 21.0 Å². The smallest absolute Gasteiger partial charge is 0.128 e. The molecule has 0 bridgehead atoms. The molecule has 0 atom stereocenters. The highest BCUT2D eigenvalue weighted by Crippen LogP contribution is 2.47. The first kappa shape index (κ1) is 25.1. The summed E-state index contributed by atoms with van der Waals surface area (Å²) in [4.78, 5) is 0. The van der Waals surface area contributed by atoms with Crippen LogP contribution in [-0.4, -0.2) is 0 Å². The molecule has 0 radical (unpaired) electrons. The Morgan fingerprint density at radius 1 is 0.462 bits per heavy atom. The van der Waals surface area contributed by atoms with Gasteiger partial charge in [0.2, 0.25) is 0 Å². The minimum Gasteiger partial charge on any atom is -0.457 e. The van der Waals surface area contributed by atoms with Crippen LogP contribution in [0.25, 0.3) is 0 Å². The summed E-state index contributed by atoms with van der Waals surface area (Å²) in [7, 11) is 0. The van der Waals surface area contributed by atoms with Crippen molar-refractivity contribution in [1.29, 1.82) is 21.0 Å². The molecule has 5 rings (SSSR count). The predicted octanol–water partition coefficient (Wildman–Crippen LogP) is 7.62. The summed E-state index contributed by atoms with van der Waals surface area (Å²) in [5.74, 6) is 2.33. The maximum atomic E-state index is 9.28. The lowest BCUT2D eigenvalue weighted by Crippen LogP contribution is -2.23. The van der Waals surface area contributed by atoms with E-state index in [9.17, 15) is 10.5 Å². The molecule has 0 saturated heterocycles. The Labute approximate surface area is 227 Å². The van der Waals surface area contributed by atoms with Crippen molar-refractivity contribution >= 4 is 0 Å². The fraction of sp³-hybridized carbons (Fsp3) is 0.152. The van der Waals surface area contributed by atoms with E-state index in [-0.39, 0.29) is 16.5 Å². The lowest BCUT2D eigenvalue weighted by molar-refractivity contribution is 0.478. The quantitative estimate of drug-likeness (QED) is 0.266. The molecule has 0 spiro atoms. The van der Waals surface area contributed by atoms with Gasteiger partial charge in [-0.1, -0.05) is 37.1 Å². The Balaban J connectivity index is 1.36. The van der Waals surface area contributed by atoms with Crippen LogP contribution in [0.3, 0.4) is 0 Å². The number of nitrogens with zero attached hydrogens (tertiary/aromatic N) is 4. The van der Waals surface area contributed by atoms with Crippen molar-refractivity contribution in [2.45, 2.75) is 31.1 Å². The summed E-state index contributed by atoms with van der Waals surface area (Å²) in [6.07, 6.45) is 4.35. The lowest BCUT2D eigenvalue weighted by Gasteiger charge is -2.31. The topological polar surface area (TPSA) is 114 Å². The van der Waals surface area contributed by atoms with Crippen LogP contribution in [0.2, 0.25) is 0 Å². The van der Waals surface area contributed by atoms with Gasteiger partial charge in [0.15, 0.2) is 0 Å². The first-order valence-corrected chi connectivity index (χ1v) is 12.5. The molecule has 1 aliphatic carbocycles. The molecule has 0 unspecified atom stereocenters. The first-order chi connectivity index (χ1) is 19.1. The Morgan fingerprint density at radius 3 is 1.18 bits per heavy atom. The molecule has 0 aliphatic heterocycles. The highest BCUT2D eigenvalue weighted by atomic mass is 16.5. The van der Waals surface area contributed by atoms with Crippen molar-refractivity contribution in [3.05, 3.63) is 118 Å². The zero-order chi connectivity index (χ0) is 27.2. The highest BCUT2D eigenvalue weighted by molar-refractivity contribution is 5.52. The van der Waals surface area contributed by atoms with Gasteiger partial charge in [-0.05, 0) is 84.6 Å². The molecule has 0 heterocycles. The SMILES string of the molecule is N#Cc1ccc(Oc2ccc(C3(c4ccc(Oc5ccc(C#N)c(C#N)c5)cc4)CCCC3)cc2)cc1C#N. The number of hydrogen-bond donors (Lipinski definition) is 0. The van der Waals surface area contributed by atoms with Crippen LogP contribution in [0, 0.1) is 45.3 Å². The average molecular weight is 507 g/mol. The number of hydrogen-bond acceptors (Lipinski definition) is 6. The number of benzene rings is 4. The van der Waals surface area contributed by atoms with Gasteiger partial charge in [-0.3, -0.25) is 0 Å². The summed E-state index contributed by atoms with van der Waals surface area (Å²) in [5.41, 5.74) is 3.53. The Morgan fingerprint density at radius 2 is 0.821 bits per heavy atom. The fourth-order valence-corrected chi connectivity index (χ4v) is 5.23. The normalized spacial score (nSPS) is 13.3. The second kappa shape index (κ2) is 10.8. The Hall–Kier alpha value is -5.56. The monoisotopic (exact) mass is 506 g/mol. The molecule has 39 heavy (non-hydrogen) atoms. The summed E-state index contributed by atoms with van der Waals surface area (Å²) in [5, 5.41) is 36.8. The fourth-order valence-electron chi connectivity index (χ4n) is 5.23. The van der Waals surface area contributed by atoms with Crippen molar-refractivity contribution in [3.63, 3.8) is 0 Å². The summed E-state index contributed by atoms with van der Waals surface area (Å²) in [6.45, 7) is 0. The molecular formula is C33H22N4O2. The van der Waals surface area contributed by atoms with E-state index < -0.39 is 0 Å². The molecule has 6 heteroatoms. The molecule has 4 aromatic rings. The molecule has 1 saturated carbocycles. The number of rotatable bonds is 6. The second-order valence-electron chi connectivity index (χ2n) is 9.40. The van der Waals surface area contributed by atoms with Gasteiger partial charge in [-0.25, -0.2) is 0 Å². The van der Waals surface area contributed by atoms with E-state index in [0.29, 0.717) is 34.1 Å². The third kappa shape index (κ3) is 5.01. The summed E-state index contributed by atoms with van der Waals surface area (Å²) in [6, 6.07) is 33.9. The third-order valence-electron chi connectivity index (χ3n) is 7.21. The van der Waals surface area contributed by atoms with E-state index in [4.69, 9.17) is 20.0 Å². The minimum atomic E-state index is -0.109. The second-order valence-corrected chi connectivity index (χ2v) is 9.40. The van der Waals surface area contributed by atoms with Crippen molar-refractivity contribution in [2.24, 2.45) is 0 Å². The van der Waals surface area contributed by atoms with Crippen molar-refractivity contribution in [3.8, 4) is 47.3 Å². The zero-order valence-corrected chi connectivity index (χ0v) is 21.0. The number of nitriles is 4. The predicted molar refractivity (Wildman–Crippen MR) is 144 cm³/mol. The van der Waals surface area contributed by atoms with E-state index in [1.54, 1.807) is 36.4 Å². The molecule has 4 aromatic carbocycles. The van der Waals surface area contributed by atoms with Crippen LogP contribution < -0.4 is 9.47 Å². The van der Waals surface area contributed by atoms with Gasteiger partial charge in [0.25, 0.3) is 0 Å².